The van der Waals surface area contributed by atoms with Crippen molar-refractivity contribution in [2.75, 3.05) is 4.90 Å². The first kappa shape index (κ1) is 34.9. The van der Waals surface area contributed by atoms with Crippen LogP contribution in [0, 0.1) is 0 Å². The summed E-state index contributed by atoms with van der Waals surface area (Å²) in [7, 11) is 0. The topological polar surface area (TPSA) is 21.3 Å². The zero-order valence-electron chi connectivity index (χ0n) is 33.2. The summed E-state index contributed by atoms with van der Waals surface area (Å²) in [4.78, 5) is 2.37. The van der Waals surface area contributed by atoms with E-state index in [4.69, 9.17) is 4.42 Å². The third-order valence-electron chi connectivity index (χ3n) is 12.2. The van der Waals surface area contributed by atoms with Gasteiger partial charge >= 0.3 is 0 Å². The number of benzene rings is 10. The van der Waals surface area contributed by atoms with Crippen LogP contribution in [0.1, 0.15) is 0 Å². The molecule has 0 saturated heterocycles. The van der Waals surface area contributed by atoms with E-state index in [2.05, 4.69) is 240 Å². The Morgan fingerprint density at radius 1 is 0.344 bits per heavy atom. The number of para-hydroxylation sites is 2. The Hall–Kier alpha value is -8.14. The van der Waals surface area contributed by atoms with E-state index in [-0.39, 0.29) is 0 Å². The maximum absolute atomic E-state index is 6.69. The number of fused-ring (bicyclic) bond motifs is 8. The molecule has 12 rings (SSSR count). The molecule has 0 bridgehead atoms. The summed E-state index contributed by atoms with van der Waals surface area (Å²) in [6.45, 7) is 0. The average molecular weight is 779 g/mol. The van der Waals surface area contributed by atoms with Crippen LogP contribution in [-0.2, 0) is 0 Å². The maximum Gasteiger partial charge on any atom is 0.143 e. The summed E-state index contributed by atoms with van der Waals surface area (Å²) >= 11 is 0. The molecule has 0 aliphatic rings. The first-order valence-corrected chi connectivity index (χ1v) is 20.8. The van der Waals surface area contributed by atoms with Gasteiger partial charge in [0.15, 0.2) is 0 Å². The van der Waals surface area contributed by atoms with Gasteiger partial charge in [-0.15, -0.1) is 0 Å². The van der Waals surface area contributed by atoms with Gasteiger partial charge in [-0.3, -0.25) is 0 Å². The van der Waals surface area contributed by atoms with Crippen LogP contribution in [0.5, 0.6) is 0 Å². The normalized spacial score (nSPS) is 11.6. The molecular formula is C58H38N2O. The van der Waals surface area contributed by atoms with Gasteiger partial charge in [0, 0.05) is 38.6 Å². The highest BCUT2D eigenvalue weighted by Crippen LogP contribution is 2.45. The van der Waals surface area contributed by atoms with Crippen LogP contribution in [0.4, 0.5) is 17.1 Å². The zero-order valence-corrected chi connectivity index (χ0v) is 33.2. The predicted molar refractivity (Wildman–Crippen MR) is 257 cm³/mol. The molecule has 0 radical (unpaired) electrons. The van der Waals surface area contributed by atoms with Gasteiger partial charge < -0.3 is 13.9 Å². The van der Waals surface area contributed by atoms with E-state index >= 15 is 0 Å². The molecule has 10 aromatic carbocycles. The van der Waals surface area contributed by atoms with Gasteiger partial charge in [0.25, 0.3) is 0 Å². The SMILES string of the molecule is c1ccc(-c2ccc(-c3ccc(N(c4ccc(-c5ccc6c(c5)c5ccccc5n6-c5ccccc5)cc4)c4cccc5oc6c7ccccc7ccc6c45)cc3)cc2)cc1. The predicted octanol–water partition coefficient (Wildman–Crippen LogP) is 16.3. The van der Waals surface area contributed by atoms with Crippen LogP contribution in [0.15, 0.2) is 235 Å². The van der Waals surface area contributed by atoms with Crippen LogP contribution in [0.2, 0.25) is 0 Å². The molecule has 0 N–H and O–H groups in total. The second kappa shape index (κ2) is 14.3. The van der Waals surface area contributed by atoms with E-state index < -0.39 is 0 Å². The van der Waals surface area contributed by atoms with Crippen LogP contribution in [-0.4, -0.2) is 4.57 Å². The van der Waals surface area contributed by atoms with Crippen molar-refractivity contribution >= 4 is 71.6 Å². The van der Waals surface area contributed by atoms with Crippen LogP contribution in [0.25, 0.3) is 93.6 Å². The van der Waals surface area contributed by atoms with Gasteiger partial charge in [-0.2, -0.15) is 0 Å². The van der Waals surface area contributed by atoms with Gasteiger partial charge in [-0.1, -0.05) is 158 Å². The van der Waals surface area contributed by atoms with Crippen molar-refractivity contribution in [3.63, 3.8) is 0 Å². The van der Waals surface area contributed by atoms with E-state index in [1.165, 1.54) is 55.0 Å². The number of hydrogen-bond acceptors (Lipinski definition) is 2. The molecule has 0 fully saturated rings. The Morgan fingerprint density at radius 3 is 1.59 bits per heavy atom. The number of aromatic nitrogens is 1. The fourth-order valence-corrected chi connectivity index (χ4v) is 9.25. The molecule has 3 heteroatoms. The van der Waals surface area contributed by atoms with Gasteiger partial charge in [0.1, 0.15) is 11.2 Å². The summed E-state index contributed by atoms with van der Waals surface area (Å²) < 4.78 is 9.06. The lowest BCUT2D eigenvalue weighted by Crippen LogP contribution is -2.10. The lowest BCUT2D eigenvalue weighted by atomic mass is 9.99. The molecule has 2 heterocycles. The Balaban J connectivity index is 0.972. The summed E-state index contributed by atoms with van der Waals surface area (Å²) in [5.74, 6) is 0. The van der Waals surface area contributed by atoms with Crippen LogP contribution in [0.3, 0.4) is 0 Å². The number of nitrogens with zero attached hydrogens (tertiary/aromatic N) is 2. The molecule has 0 saturated carbocycles. The average Bonchev–Trinajstić information content (AvgIpc) is 3.89. The molecule has 0 spiro atoms. The van der Waals surface area contributed by atoms with Crippen molar-refractivity contribution in [1.82, 2.24) is 4.57 Å². The quantitative estimate of drug-likeness (QED) is 0.161. The highest BCUT2D eigenvalue weighted by molar-refractivity contribution is 6.19. The van der Waals surface area contributed by atoms with Gasteiger partial charge in [0.05, 0.1) is 22.1 Å². The molecule has 61 heavy (non-hydrogen) atoms. The van der Waals surface area contributed by atoms with E-state index in [1.54, 1.807) is 0 Å². The zero-order chi connectivity index (χ0) is 40.3. The first-order valence-electron chi connectivity index (χ1n) is 20.8. The molecule has 0 aliphatic heterocycles. The van der Waals surface area contributed by atoms with Crippen molar-refractivity contribution in [2.24, 2.45) is 0 Å². The molecule has 2 aromatic heterocycles. The summed E-state index contributed by atoms with van der Waals surface area (Å²) in [5.41, 5.74) is 15.7. The number of rotatable bonds is 7. The number of hydrogen-bond donors (Lipinski definition) is 0. The third-order valence-corrected chi connectivity index (χ3v) is 12.2. The van der Waals surface area contributed by atoms with Crippen molar-refractivity contribution in [3.05, 3.63) is 231 Å². The summed E-state index contributed by atoms with van der Waals surface area (Å²) in [6, 6.07) is 82.8. The minimum absolute atomic E-state index is 0.864. The van der Waals surface area contributed by atoms with E-state index in [1.807, 2.05) is 0 Å². The lowest BCUT2D eigenvalue weighted by Gasteiger charge is -2.26. The highest BCUT2D eigenvalue weighted by atomic mass is 16.3. The minimum atomic E-state index is 0.864. The Morgan fingerprint density at radius 2 is 0.885 bits per heavy atom. The molecule has 12 aromatic rings. The third kappa shape index (κ3) is 5.90. The Labute approximate surface area is 353 Å². The summed E-state index contributed by atoms with van der Waals surface area (Å²) in [6.07, 6.45) is 0. The van der Waals surface area contributed by atoms with Gasteiger partial charge in [-0.25, -0.2) is 0 Å². The molecular weight excluding hydrogens is 741 g/mol. The molecule has 0 unspecified atom stereocenters. The van der Waals surface area contributed by atoms with Crippen LogP contribution >= 0.6 is 0 Å². The largest absolute Gasteiger partial charge is 0.455 e. The molecule has 3 nitrogen and oxygen atoms in total. The van der Waals surface area contributed by atoms with Gasteiger partial charge in [-0.05, 0) is 112 Å². The fourth-order valence-electron chi connectivity index (χ4n) is 9.25. The van der Waals surface area contributed by atoms with Crippen molar-refractivity contribution in [3.8, 4) is 39.1 Å². The molecule has 0 aliphatic carbocycles. The Kier molecular flexibility index (Phi) is 8.17. The monoisotopic (exact) mass is 778 g/mol. The molecule has 286 valence electrons. The lowest BCUT2D eigenvalue weighted by molar-refractivity contribution is 0.672. The number of furan rings is 1. The Bertz CT molecular complexity index is 3550. The molecule has 0 amide bonds. The minimum Gasteiger partial charge on any atom is -0.455 e. The maximum atomic E-state index is 6.69. The number of anilines is 3. The smallest absolute Gasteiger partial charge is 0.143 e. The van der Waals surface area contributed by atoms with Gasteiger partial charge in [0.2, 0.25) is 0 Å². The van der Waals surface area contributed by atoms with E-state index in [0.717, 1.165) is 55.6 Å². The fraction of sp³-hybridized carbons (Fsp3) is 0. The second-order valence-corrected chi connectivity index (χ2v) is 15.7. The second-order valence-electron chi connectivity index (χ2n) is 15.7. The van der Waals surface area contributed by atoms with Crippen LogP contribution < -0.4 is 4.90 Å². The standard InChI is InChI=1S/C58H38N2O/c1-3-12-39(13-4-1)40-22-24-41(25-23-40)42-26-32-47(33-27-42)59(55-20-11-21-56-57(55)51-36-30-44-14-7-8-17-49(44)58(51)61-56)48-34-28-43(29-35-48)45-31-37-54-52(38-45)50-18-9-10-19-53(50)60(54)46-15-5-2-6-16-46/h1-38H. The van der Waals surface area contributed by atoms with E-state index in [0.29, 0.717) is 0 Å². The van der Waals surface area contributed by atoms with Crippen molar-refractivity contribution < 1.29 is 4.42 Å². The molecule has 0 atom stereocenters. The summed E-state index contributed by atoms with van der Waals surface area (Å²) in [5, 5.41) is 6.96. The first-order chi connectivity index (χ1) is 30.2. The van der Waals surface area contributed by atoms with E-state index in [9.17, 15) is 0 Å². The highest BCUT2D eigenvalue weighted by Gasteiger charge is 2.21. The van der Waals surface area contributed by atoms with Crippen molar-refractivity contribution in [2.45, 2.75) is 0 Å². The van der Waals surface area contributed by atoms with Crippen molar-refractivity contribution in [1.29, 1.82) is 0 Å².